The number of fused-ring (bicyclic) bond motifs is 1. The minimum absolute atomic E-state index is 0. The second-order valence-corrected chi connectivity index (χ2v) is 14.2. The quantitative estimate of drug-likeness (QED) is 0.0637. The Morgan fingerprint density at radius 2 is 1.46 bits per heavy atom. The van der Waals surface area contributed by atoms with Crippen LogP contribution in [0.15, 0.2) is 91.6 Å². The topological polar surface area (TPSA) is 289 Å². The third-order valence-corrected chi connectivity index (χ3v) is 9.26. The third kappa shape index (κ3) is 11.5. The summed E-state index contributed by atoms with van der Waals surface area (Å²) in [4.78, 5) is 9.97. The van der Waals surface area contributed by atoms with Gasteiger partial charge < -0.3 is 29.6 Å². The molecule has 0 spiro atoms. The normalized spacial score (nSPS) is 11.6. The van der Waals surface area contributed by atoms with E-state index in [9.17, 15) is 44.0 Å². The first-order valence-electron chi connectivity index (χ1n) is 13.2. The van der Waals surface area contributed by atoms with Crippen molar-refractivity contribution in [1.29, 1.82) is 0 Å². The van der Waals surface area contributed by atoms with Crippen molar-refractivity contribution in [1.82, 2.24) is 15.0 Å². The molecule has 256 valence electrons. The maximum absolute atomic E-state index is 13.3. The van der Waals surface area contributed by atoms with Crippen LogP contribution in [-0.2, 0) is 36.9 Å². The third-order valence-electron chi connectivity index (χ3n) is 6.51. The Balaban J connectivity index is 0.00000312. The zero-order chi connectivity index (χ0) is 35.7. The largest absolute Gasteiger partial charge is 1.00 e. The van der Waals surface area contributed by atoms with E-state index in [1.807, 2.05) is 0 Å². The molecule has 0 aliphatic rings. The Morgan fingerprint density at radius 1 is 0.808 bits per heavy atom. The summed E-state index contributed by atoms with van der Waals surface area (Å²) in [6, 6.07) is 13.1. The molecule has 0 saturated heterocycles. The fraction of sp³-hybridized carbons (Fsp3) is 0.0741. The molecule has 0 unspecified atom stereocenters. The van der Waals surface area contributed by atoms with E-state index in [4.69, 9.17) is 16.3 Å². The number of ether oxygens (including phenoxy) is 1. The van der Waals surface area contributed by atoms with Crippen LogP contribution in [0.2, 0.25) is 5.28 Å². The Bertz CT molecular complexity index is 2480. The molecule has 0 fully saturated rings. The Labute approximate surface area is 368 Å². The number of azo groups is 1. The van der Waals surface area contributed by atoms with E-state index < -0.39 is 62.2 Å². The molecule has 0 aliphatic carbocycles. The average molecular weight is 818 g/mol. The predicted octanol–water partition coefficient (Wildman–Crippen LogP) is -5.40. The molecular weight excluding hydrogens is 799 g/mol. The van der Waals surface area contributed by atoms with Gasteiger partial charge in [-0.3, -0.25) is 4.55 Å². The van der Waals surface area contributed by atoms with Crippen molar-refractivity contribution in [2.24, 2.45) is 10.2 Å². The van der Waals surface area contributed by atoms with Crippen LogP contribution in [0.3, 0.4) is 0 Å². The first-order valence-corrected chi connectivity index (χ1v) is 17.8. The molecule has 18 nitrogen and oxygen atoms in total. The maximum atomic E-state index is 13.3. The summed E-state index contributed by atoms with van der Waals surface area (Å²) in [5.74, 6) is -0.871. The number of nitrogens with one attached hydrogen (secondary N) is 2. The number of hydrogen-bond acceptors (Lipinski definition) is 17. The van der Waals surface area contributed by atoms with E-state index in [1.54, 1.807) is 0 Å². The fourth-order valence-corrected chi connectivity index (χ4v) is 6.21. The van der Waals surface area contributed by atoms with Gasteiger partial charge in [0.1, 0.15) is 36.6 Å². The number of anilines is 3. The van der Waals surface area contributed by atoms with Crippen molar-refractivity contribution in [2.75, 3.05) is 17.7 Å². The number of methoxy groups -OCH3 is 1. The van der Waals surface area contributed by atoms with Crippen LogP contribution in [-0.4, -0.2) is 61.0 Å². The molecule has 0 saturated carbocycles. The predicted molar refractivity (Wildman–Crippen MR) is 168 cm³/mol. The Kier molecular flexibility index (Phi) is 16.4. The molecule has 5 rings (SSSR count). The number of hydrogen-bond donors (Lipinski definition) is 3. The second-order valence-electron chi connectivity index (χ2n) is 9.75. The van der Waals surface area contributed by atoms with Gasteiger partial charge in [-0.1, -0.05) is 11.8 Å². The smallest absolute Gasteiger partial charge is 0.871 e. The van der Waals surface area contributed by atoms with Crippen molar-refractivity contribution in [3.63, 3.8) is 0 Å². The van der Waals surface area contributed by atoms with Gasteiger partial charge in [-0.05, 0) is 83.0 Å². The molecule has 25 heteroatoms. The molecule has 52 heavy (non-hydrogen) atoms. The van der Waals surface area contributed by atoms with Crippen molar-refractivity contribution in [3.8, 4) is 11.5 Å². The molecule has 0 amide bonds. The van der Waals surface area contributed by atoms with Crippen molar-refractivity contribution in [3.05, 3.63) is 77.8 Å². The standard InChI is InChI=1S/C27H22ClN7O11S3.3Na/c1-46-17-5-9-20(21(12-17)48(40,41)42)34-35-24-22(49(43,44)45)11-14-10-16(4-8-19(14)25(24)36)29-13-23-31-26(28)33-27(32-23)30-15-2-6-18(7-3-15)47(37,38)39;;;/h2-12,29,36H,13H2,1H3,(H,37,38,39)(H,40,41,42)(H,43,44,45)(H,30,31,32,33);;;/q;3*+1/p-3. The van der Waals surface area contributed by atoms with Crippen LogP contribution >= 0.6 is 11.6 Å². The molecule has 0 bridgehead atoms. The molecule has 0 aliphatic heterocycles. The molecule has 1 aromatic heterocycles. The summed E-state index contributed by atoms with van der Waals surface area (Å²) in [6.45, 7) is -0.0652. The Morgan fingerprint density at radius 3 is 2.06 bits per heavy atom. The van der Waals surface area contributed by atoms with E-state index in [-0.39, 0.29) is 129 Å². The SMILES string of the molecule is COc1ccc(N=Nc2c(S(=O)(=O)O)cc3cc(NCc4nc(Cl)nc(Nc5ccc(S(=O)(=O)[O-])cc5)n4)ccc3c2[O-])c(S(=O)(=O)[O-])c1.[Na+].[Na+].[Na+]. The van der Waals surface area contributed by atoms with E-state index in [0.717, 1.165) is 30.3 Å². The minimum Gasteiger partial charge on any atom is -0.871 e. The molecule has 4 aromatic carbocycles. The van der Waals surface area contributed by atoms with Gasteiger partial charge in [-0.2, -0.15) is 18.4 Å². The number of aromatic nitrogens is 3. The van der Waals surface area contributed by atoms with Crippen LogP contribution in [0.4, 0.5) is 28.7 Å². The van der Waals surface area contributed by atoms with Gasteiger partial charge in [0.05, 0.1) is 29.1 Å². The second kappa shape index (κ2) is 18.5. The molecule has 0 atom stereocenters. The summed E-state index contributed by atoms with van der Waals surface area (Å²) in [6.07, 6.45) is 0. The van der Waals surface area contributed by atoms with Crippen LogP contribution in [0.1, 0.15) is 5.82 Å². The number of nitrogens with zero attached hydrogens (tertiary/aromatic N) is 5. The van der Waals surface area contributed by atoms with Gasteiger partial charge in [0.15, 0.2) is 5.82 Å². The van der Waals surface area contributed by atoms with Crippen molar-refractivity contribution >= 4 is 81.4 Å². The molecule has 1 heterocycles. The van der Waals surface area contributed by atoms with Gasteiger partial charge in [0, 0.05) is 11.4 Å². The maximum Gasteiger partial charge on any atom is 1.00 e. The number of benzene rings is 4. The Hall–Kier alpha value is -2.03. The van der Waals surface area contributed by atoms with Gasteiger partial charge in [0.25, 0.3) is 10.1 Å². The monoisotopic (exact) mass is 817 g/mol. The molecule has 3 N–H and O–H groups in total. The summed E-state index contributed by atoms with van der Waals surface area (Å²) >= 11 is 6.03. The summed E-state index contributed by atoms with van der Waals surface area (Å²) in [5.41, 5.74) is -0.679. The molecule has 5 aromatic rings. The summed E-state index contributed by atoms with van der Waals surface area (Å²) in [5, 5.41) is 26.1. The van der Waals surface area contributed by atoms with Gasteiger partial charge in [0.2, 0.25) is 11.2 Å². The van der Waals surface area contributed by atoms with E-state index in [0.29, 0.717) is 11.4 Å². The van der Waals surface area contributed by atoms with Crippen molar-refractivity contribution < 1.29 is 137 Å². The first kappa shape index (κ1) is 46.1. The van der Waals surface area contributed by atoms with E-state index >= 15 is 0 Å². The fourth-order valence-electron chi connectivity index (χ4n) is 4.29. The zero-order valence-corrected chi connectivity index (χ0v) is 36.6. The number of halogens is 1. The minimum atomic E-state index is -5.10. The van der Waals surface area contributed by atoms with Crippen molar-refractivity contribution in [2.45, 2.75) is 21.2 Å². The van der Waals surface area contributed by atoms with E-state index in [2.05, 4.69) is 35.8 Å². The van der Waals surface area contributed by atoms with Gasteiger partial charge in [-0.25, -0.2) is 21.8 Å². The first-order chi connectivity index (χ1) is 22.9. The van der Waals surface area contributed by atoms with E-state index in [1.165, 1.54) is 43.5 Å². The summed E-state index contributed by atoms with van der Waals surface area (Å²) in [7, 11) is -13.6. The summed E-state index contributed by atoms with van der Waals surface area (Å²) < 4.78 is 108. The van der Waals surface area contributed by atoms with Gasteiger partial charge >= 0.3 is 88.7 Å². The van der Waals surface area contributed by atoms with Gasteiger partial charge in [-0.15, -0.1) is 10.2 Å². The average Bonchev–Trinajstić information content (AvgIpc) is 3.02. The van der Waals surface area contributed by atoms with Crippen LogP contribution in [0.25, 0.3) is 10.8 Å². The van der Waals surface area contributed by atoms with Crippen LogP contribution < -0.4 is 109 Å². The number of rotatable bonds is 11. The zero-order valence-electron chi connectivity index (χ0n) is 27.4. The van der Waals surface area contributed by atoms with Crippen LogP contribution in [0.5, 0.6) is 11.5 Å². The molecule has 0 radical (unpaired) electrons. The van der Waals surface area contributed by atoms with Crippen LogP contribution in [0, 0.1) is 0 Å². The molecular formula is C27H19ClN7Na3O11S3.